The van der Waals surface area contributed by atoms with Crippen LogP contribution in [0.1, 0.15) is 45.7 Å². The van der Waals surface area contributed by atoms with Crippen molar-refractivity contribution in [3.8, 4) is 0 Å². The van der Waals surface area contributed by atoms with Gasteiger partial charge in [0.05, 0.1) is 0 Å². The molecule has 1 N–H and O–H groups in total. The Morgan fingerprint density at radius 3 is 2.43 bits per heavy atom. The van der Waals surface area contributed by atoms with Crippen LogP contribution in [0.4, 0.5) is 5.69 Å². The highest BCUT2D eigenvalue weighted by Crippen LogP contribution is 2.68. The van der Waals surface area contributed by atoms with E-state index in [0.29, 0.717) is 23.2 Å². The van der Waals surface area contributed by atoms with Gasteiger partial charge in [0.15, 0.2) is 0 Å². The molecule has 1 aromatic carbocycles. The second-order valence-electron chi connectivity index (χ2n) is 7.67. The summed E-state index contributed by atoms with van der Waals surface area (Å²) in [5.74, 6) is 0.868. The second kappa shape index (κ2) is 4.57. The Morgan fingerprint density at radius 2 is 1.81 bits per heavy atom. The van der Waals surface area contributed by atoms with Crippen LogP contribution in [0.2, 0.25) is 0 Å². The number of benzene rings is 1. The molecule has 1 aliphatic carbocycles. The zero-order valence-electron chi connectivity index (χ0n) is 13.7. The minimum absolute atomic E-state index is 0.150. The number of fused-ring (bicyclic) bond motifs is 1. The SMILES string of the molecule is CN1C(=O)CC(NCC2C(C)(C)C2(C)C)c2ccccc21. The number of amides is 1. The van der Waals surface area contributed by atoms with E-state index in [1.807, 2.05) is 19.2 Å². The summed E-state index contributed by atoms with van der Waals surface area (Å²) in [4.78, 5) is 13.9. The van der Waals surface area contributed by atoms with Crippen LogP contribution >= 0.6 is 0 Å². The first-order valence-corrected chi connectivity index (χ1v) is 7.85. The highest BCUT2D eigenvalue weighted by molar-refractivity contribution is 5.96. The van der Waals surface area contributed by atoms with Crippen molar-refractivity contribution in [2.75, 3.05) is 18.5 Å². The summed E-state index contributed by atoms with van der Waals surface area (Å²) >= 11 is 0. The zero-order valence-corrected chi connectivity index (χ0v) is 13.7. The molecule has 3 rings (SSSR count). The number of carbonyl (C=O) groups is 1. The molecule has 1 aliphatic heterocycles. The van der Waals surface area contributed by atoms with E-state index in [1.54, 1.807) is 4.90 Å². The topological polar surface area (TPSA) is 32.3 Å². The molecule has 1 amide bonds. The number of para-hydroxylation sites is 1. The zero-order chi connectivity index (χ0) is 15.4. The maximum Gasteiger partial charge on any atom is 0.228 e. The summed E-state index contributed by atoms with van der Waals surface area (Å²) in [6, 6.07) is 8.38. The molecule has 0 bridgehead atoms. The number of hydrogen-bond acceptors (Lipinski definition) is 2. The van der Waals surface area contributed by atoms with E-state index >= 15 is 0 Å². The van der Waals surface area contributed by atoms with Crippen molar-refractivity contribution in [2.24, 2.45) is 16.7 Å². The molecule has 0 spiro atoms. The number of nitrogens with one attached hydrogen (secondary N) is 1. The van der Waals surface area contributed by atoms with E-state index in [2.05, 4.69) is 45.1 Å². The van der Waals surface area contributed by atoms with E-state index in [0.717, 1.165) is 12.2 Å². The Bertz CT molecular complexity index is 562. The molecule has 3 nitrogen and oxygen atoms in total. The van der Waals surface area contributed by atoms with Crippen LogP contribution in [0.15, 0.2) is 24.3 Å². The van der Waals surface area contributed by atoms with Gasteiger partial charge in [0.2, 0.25) is 5.91 Å². The van der Waals surface area contributed by atoms with Crippen LogP contribution in [0, 0.1) is 16.7 Å². The first-order valence-electron chi connectivity index (χ1n) is 7.85. The smallest absolute Gasteiger partial charge is 0.228 e. The van der Waals surface area contributed by atoms with Gasteiger partial charge in [0, 0.05) is 25.2 Å². The fraction of sp³-hybridized carbons (Fsp3) is 0.611. The normalized spacial score (nSPS) is 26.6. The minimum atomic E-state index is 0.150. The third-order valence-corrected chi connectivity index (χ3v) is 6.31. The van der Waals surface area contributed by atoms with Gasteiger partial charge in [-0.2, -0.15) is 0 Å². The Kier molecular flexibility index (Phi) is 3.17. The predicted octanol–water partition coefficient (Wildman–Crippen LogP) is 3.37. The molecule has 1 atom stereocenters. The number of hydrogen-bond donors (Lipinski definition) is 1. The van der Waals surface area contributed by atoms with Crippen molar-refractivity contribution in [1.29, 1.82) is 0 Å². The lowest BCUT2D eigenvalue weighted by Crippen LogP contribution is -2.38. The van der Waals surface area contributed by atoms with Gasteiger partial charge in [0.25, 0.3) is 0 Å². The van der Waals surface area contributed by atoms with Gasteiger partial charge in [-0.15, -0.1) is 0 Å². The van der Waals surface area contributed by atoms with E-state index in [-0.39, 0.29) is 11.9 Å². The molecule has 2 aliphatic rings. The van der Waals surface area contributed by atoms with Crippen molar-refractivity contribution >= 4 is 11.6 Å². The van der Waals surface area contributed by atoms with Gasteiger partial charge in [-0.1, -0.05) is 45.9 Å². The number of anilines is 1. The van der Waals surface area contributed by atoms with E-state index in [1.165, 1.54) is 5.56 Å². The lowest BCUT2D eigenvalue weighted by molar-refractivity contribution is -0.119. The summed E-state index contributed by atoms with van der Waals surface area (Å²) in [6.07, 6.45) is 0.557. The summed E-state index contributed by atoms with van der Waals surface area (Å²) in [5, 5.41) is 3.65. The second-order valence-corrected chi connectivity index (χ2v) is 7.67. The van der Waals surface area contributed by atoms with Crippen LogP contribution in [0.3, 0.4) is 0 Å². The van der Waals surface area contributed by atoms with Crippen LogP contribution in [0.5, 0.6) is 0 Å². The summed E-state index contributed by atoms with van der Waals surface area (Å²) < 4.78 is 0. The maximum absolute atomic E-state index is 12.2. The standard InChI is InChI=1S/C18H26N2O/c1-17(2)15(18(17,3)4)11-19-13-10-16(21)20(5)14-9-7-6-8-12(13)14/h6-9,13,15,19H,10-11H2,1-5H3. The lowest BCUT2D eigenvalue weighted by Gasteiger charge is -2.32. The Morgan fingerprint density at radius 1 is 1.19 bits per heavy atom. The minimum Gasteiger partial charge on any atom is -0.315 e. The summed E-state index contributed by atoms with van der Waals surface area (Å²) in [5.41, 5.74) is 3.06. The number of rotatable bonds is 3. The molecule has 1 aromatic rings. The summed E-state index contributed by atoms with van der Waals surface area (Å²) in [6.45, 7) is 10.3. The van der Waals surface area contributed by atoms with Gasteiger partial charge in [0.1, 0.15) is 0 Å². The van der Waals surface area contributed by atoms with Crippen molar-refractivity contribution < 1.29 is 4.79 Å². The van der Waals surface area contributed by atoms with E-state index in [9.17, 15) is 4.79 Å². The fourth-order valence-electron chi connectivity index (χ4n) is 3.93. The maximum atomic E-state index is 12.2. The molecule has 0 radical (unpaired) electrons. The lowest BCUT2D eigenvalue weighted by atomic mass is 9.96. The molecular weight excluding hydrogens is 260 g/mol. The van der Waals surface area contributed by atoms with Gasteiger partial charge in [-0.25, -0.2) is 0 Å². The fourth-order valence-corrected chi connectivity index (χ4v) is 3.93. The van der Waals surface area contributed by atoms with Crippen LogP contribution in [-0.2, 0) is 4.79 Å². The van der Waals surface area contributed by atoms with Gasteiger partial charge < -0.3 is 10.2 Å². The highest BCUT2D eigenvalue weighted by atomic mass is 16.2. The third kappa shape index (κ3) is 2.10. The number of carbonyl (C=O) groups excluding carboxylic acids is 1. The monoisotopic (exact) mass is 286 g/mol. The highest BCUT2D eigenvalue weighted by Gasteiger charge is 2.64. The molecular formula is C18H26N2O. The van der Waals surface area contributed by atoms with Crippen molar-refractivity contribution in [1.82, 2.24) is 5.32 Å². The average Bonchev–Trinajstić information content (AvgIpc) is 2.82. The number of nitrogens with zero attached hydrogens (tertiary/aromatic N) is 1. The quantitative estimate of drug-likeness (QED) is 0.924. The third-order valence-electron chi connectivity index (χ3n) is 6.31. The predicted molar refractivity (Wildman–Crippen MR) is 86.3 cm³/mol. The van der Waals surface area contributed by atoms with E-state index in [4.69, 9.17) is 0 Å². The first-order chi connectivity index (χ1) is 9.76. The molecule has 1 unspecified atom stereocenters. The van der Waals surface area contributed by atoms with Gasteiger partial charge >= 0.3 is 0 Å². The van der Waals surface area contributed by atoms with Crippen LogP contribution < -0.4 is 10.2 Å². The van der Waals surface area contributed by atoms with Crippen LogP contribution in [-0.4, -0.2) is 19.5 Å². The molecule has 3 heteroatoms. The Labute approximate surface area is 127 Å². The summed E-state index contributed by atoms with van der Waals surface area (Å²) in [7, 11) is 1.87. The van der Waals surface area contributed by atoms with Gasteiger partial charge in [-0.05, 0) is 34.9 Å². The largest absolute Gasteiger partial charge is 0.315 e. The molecule has 1 heterocycles. The van der Waals surface area contributed by atoms with Crippen molar-refractivity contribution in [3.05, 3.63) is 29.8 Å². The van der Waals surface area contributed by atoms with Gasteiger partial charge in [-0.3, -0.25) is 4.79 Å². The first kappa shape index (κ1) is 14.6. The molecule has 1 saturated carbocycles. The molecule has 0 aromatic heterocycles. The molecule has 21 heavy (non-hydrogen) atoms. The van der Waals surface area contributed by atoms with Crippen molar-refractivity contribution in [3.63, 3.8) is 0 Å². The van der Waals surface area contributed by atoms with Crippen LogP contribution in [0.25, 0.3) is 0 Å². The Balaban J connectivity index is 1.75. The Hall–Kier alpha value is -1.35. The molecule has 1 fully saturated rings. The molecule has 0 saturated heterocycles. The average molecular weight is 286 g/mol. The van der Waals surface area contributed by atoms with E-state index < -0.39 is 0 Å². The van der Waals surface area contributed by atoms with Crippen molar-refractivity contribution in [2.45, 2.75) is 40.2 Å². The molecule has 114 valence electrons.